The maximum Gasteiger partial charge on any atom is 0.291 e. The molecule has 1 amide bonds. The van der Waals surface area contributed by atoms with Gasteiger partial charge in [-0.2, -0.15) is 0 Å². The number of ether oxygens (including phenoxy) is 2. The summed E-state index contributed by atoms with van der Waals surface area (Å²) in [5, 5.41) is 3.76. The topological polar surface area (TPSA) is 60.7 Å². The number of carbonyl (C=O) groups excluding carboxylic acids is 1. The predicted octanol–water partition coefficient (Wildman–Crippen LogP) is 4.62. The summed E-state index contributed by atoms with van der Waals surface area (Å²) in [6.45, 7) is 2.92. The van der Waals surface area contributed by atoms with E-state index in [1.54, 1.807) is 7.11 Å². The Morgan fingerprint density at radius 3 is 2.68 bits per heavy atom. The number of para-hydroxylation sites is 3. The highest BCUT2D eigenvalue weighted by Crippen LogP contribution is 2.29. The molecule has 5 nitrogen and oxygen atoms in total. The first-order chi connectivity index (χ1) is 12.2. The standard InChI is InChI=1S/C20H21NO4/c1-3-12-24-18-11-7-5-9-16(18)21-20(22)19-15(13-23-2)14-8-4-6-10-17(14)25-19/h4-11H,3,12-13H2,1-2H3,(H,21,22). The minimum Gasteiger partial charge on any atom is -0.491 e. The van der Waals surface area contributed by atoms with Gasteiger partial charge in [-0.15, -0.1) is 0 Å². The Kier molecular flexibility index (Phi) is 5.36. The molecular formula is C20H21NO4. The summed E-state index contributed by atoms with van der Waals surface area (Å²) in [7, 11) is 1.59. The van der Waals surface area contributed by atoms with Crippen LogP contribution in [0.2, 0.25) is 0 Å². The Bertz CT molecular complexity index is 869. The number of hydrogen-bond acceptors (Lipinski definition) is 4. The number of rotatable bonds is 7. The Hall–Kier alpha value is -2.79. The number of amides is 1. The van der Waals surface area contributed by atoms with E-state index in [2.05, 4.69) is 5.32 Å². The molecule has 1 heterocycles. The maximum absolute atomic E-state index is 12.8. The van der Waals surface area contributed by atoms with E-state index in [0.717, 1.165) is 17.4 Å². The van der Waals surface area contributed by atoms with Crippen molar-refractivity contribution >= 4 is 22.6 Å². The number of fused-ring (bicyclic) bond motifs is 1. The fourth-order valence-corrected chi connectivity index (χ4v) is 2.66. The van der Waals surface area contributed by atoms with Crippen LogP contribution < -0.4 is 10.1 Å². The summed E-state index contributed by atoms with van der Waals surface area (Å²) < 4.78 is 16.7. The minimum absolute atomic E-state index is 0.258. The van der Waals surface area contributed by atoms with Crippen molar-refractivity contribution in [2.45, 2.75) is 20.0 Å². The molecule has 0 atom stereocenters. The quantitative estimate of drug-likeness (QED) is 0.682. The average molecular weight is 339 g/mol. The van der Waals surface area contributed by atoms with E-state index < -0.39 is 0 Å². The van der Waals surface area contributed by atoms with Crippen molar-refractivity contribution in [3.8, 4) is 5.75 Å². The van der Waals surface area contributed by atoms with Crippen LogP contribution in [-0.4, -0.2) is 19.6 Å². The molecule has 1 N–H and O–H groups in total. The second kappa shape index (κ2) is 7.85. The van der Waals surface area contributed by atoms with E-state index in [-0.39, 0.29) is 11.7 Å². The third-order valence-electron chi connectivity index (χ3n) is 3.79. The van der Waals surface area contributed by atoms with E-state index in [1.165, 1.54) is 0 Å². The molecule has 5 heteroatoms. The van der Waals surface area contributed by atoms with Gasteiger partial charge < -0.3 is 19.2 Å². The first kappa shape index (κ1) is 17.0. The maximum atomic E-state index is 12.8. The number of hydrogen-bond donors (Lipinski definition) is 1. The summed E-state index contributed by atoms with van der Waals surface area (Å²) in [6, 6.07) is 14.9. The third kappa shape index (κ3) is 3.67. The van der Waals surface area contributed by atoms with Gasteiger partial charge in [-0.05, 0) is 24.6 Å². The van der Waals surface area contributed by atoms with Crippen molar-refractivity contribution in [1.29, 1.82) is 0 Å². The van der Waals surface area contributed by atoms with Gasteiger partial charge in [-0.1, -0.05) is 37.3 Å². The molecule has 0 saturated heterocycles. The van der Waals surface area contributed by atoms with E-state index in [0.29, 0.717) is 30.2 Å². The molecular weight excluding hydrogens is 318 g/mol. The summed E-state index contributed by atoms with van der Waals surface area (Å²) in [5.74, 6) is 0.575. The Morgan fingerprint density at radius 2 is 1.88 bits per heavy atom. The highest BCUT2D eigenvalue weighted by molar-refractivity contribution is 6.07. The van der Waals surface area contributed by atoms with Crippen LogP contribution in [0.15, 0.2) is 52.9 Å². The molecule has 0 saturated carbocycles. The lowest BCUT2D eigenvalue weighted by molar-refractivity contribution is 0.0991. The normalized spacial score (nSPS) is 10.8. The molecule has 0 aliphatic rings. The van der Waals surface area contributed by atoms with Gasteiger partial charge in [-0.25, -0.2) is 0 Å². The minimum atomic E-state index is -0.323. The molecule has 25 heavy (non-hydrogen) atoms. The van der Waals surface area contributed by atoms with Gasteiger partial charge in [0.2, 0.25) is 0 Å². The van der Waals surface area contributed by atoms with Gasteiger partial charge in [0.1, 0.15) is 11.3 Å². The largest absolute Gasteiger partial charge is 0.491 e. The SMILES string of the molecule is CCCOc1ccccc1NC(=O)c1oc2ccccc2c1COC. The second-order valence-corrected chi connectivity index (χ2v) is 5.64. The van der Waals surface area contributed by atoms with Gasteiger partial charge in [0.25, 0.3) is 5.91 Å². The van der Waals surface area contributed by atoms with Crippen molar-refractivity contribution in [3.63, 3.8) is 0 Å². The molecule has 3 rings (SSSR count). The van der Waals surface area contributed by atoms with Crippen LogP contribution >= 0.6 is 0 Å². The molecule has 0 spiro atoms. The molecule has 0 fully saturated rings. The van der Waals surface area contributed by atoms with Gasteiger partial charge in [0, 0.05) is 18.1 Å². The van der Waals surface area contributed by atoms with Crippen LogP contribution in [0.3, 0.4) is 0 Å². The molecule has 0 unspecified atom stereocenters. The summed E-state index contributed by atoms with van der Waals surface area (Å²) in [5.41, 5.74) is 2.02. The fraction of sp³-hybridized carbons (Fsp3) is 0.250. The number of benzene rings is 2. The molecule has 0 aliphatic carbocycles. The molecule has 0 radical (unpaired) electrons. The van der Waals surface area contributed by atoms with Gasteiger partial charge in [0.05, 0.1) is 18.9 Å². The molecule has 3 aromatic rings. The zero-order valence-corrected chi connectivity index (χ0v) is 14.4. The van der Waals surface area contributed by atoms with Crippen molar-refractivity contribution in [1.82, 2.24) is 0 Å². The molecule has 2 aromatic carbocycles. The van der Waals surface area contributed by atoms with Gasteiger partial charge in [-0.3, -0.25) is 4.79 Å². The average Bonchev–Trinajstić information content (AvgIpc) is 3.00. The van der Waals surface area contributed by atoms with E-state index in [4.69, 9.17) is 13.9 Å². The predicted molar refractivity (Wildman–Crippen MR) is 97.1 cm³/mol. The summed E-state index contributed by atoms with van der Waals surface area (Å²) >= 11 is 0. The molecule has 1 aromatic heterocycles. The van der Waals surface area contributed by atoms with Crippen molar-refractivity contribution in [2.75, 3.05) is 19.0 Å². The number of anilines is 1. The van der Waals surface area contributed by atoms with Crippen molar-refractivity contribution in [2.24, 2.45) is 0 Å². The van der Waals surface area contributed by atoms with Crippen LogP contribution in [0.1, 0.15) is 29.5 Å². The number of nitrogens with one attached hydrogen (secondary N) is 1. The summed E-state index contributed by atoms with van der Waals surface area (Å²) in [4.78, 5) is 12.8. The number of furan rings is 1. The first-order valence-corrected chi connectivity index (χ1v) is 8.27. The van der Waals surface area contributed by atoms with Crippen molar-refractivity contribution in [3.05, 3.63) is 59.9 Å². The Labute approximate surface area is 146 Å². The zero-order valence-electron chi connectivity index (χ0n) is 14.4. The van der Waals surface area contributed by atoms with Crippen LogP contribution in [-0.2, 0) is 11.3 Å². The lowest BCUT2D eigenvalue weighted by Gasteiger charge is -2.11. The monoisotopic (exact) mass is 339 g/mol. The van der Waals surface area contributed by atoms with Crippen LogP contribution in [0.4, 0.5) is 5.69 Å². The molecule has 0 aliphatic heterocycles. The lowest BCUT2D eigenvalue weighted by Crippen LogP contribution is -2.14. The van der Waals surface area contributed by atoms with Crippen LogP contribution in [0, 0.1) is 0 Å². The highest BCUT2D eigenvalue weighted by Gasteiger charge is 2.21. The van der Waals surface area contributed by atoms with Crippen molar-refractivity contribution < 1.29 is 18.7 Å². The third-order valence-corrected chi connectivity index (χ3v) is 3.79. The van der Waals surface area contributed by atoms with E-state index in [1.807, 2.05) is 55.5 Å². The number of methoxy groups -OCH3 is 1. The lowest BCUT2D eigenvalue weighted by atomic mass is 10.1. The van der Waals surface area contributed by atoms with Gasteiger partial charge >= 0.3 is 0 Å². The van der Waals surface area contributed by atoms with Crippen LogP contribution in [0.5, 0.6) is 5.75 Å². The Morgan fingerprint density at radius 1 is 1.12 bits per heavy atom. The highest BCUT2D eigenvalue weighted by atomic mass is 16.5. The number of carbonyl (C=O) groups is 1. The van der Waals surface area contributed by atoms with E-state index in [9.17, 15) is 4.79 Å². The Balaban J connectivity index is 1.92. The second-order valence-electron chi connectivity index (χ2n) is 5.64. The zero-order chi connectivity index (χ0) is 17.6. The van der Waals surface area contributed by atoms with Gasteiger partial charge in [0.15, 0.2) is 5.76 Å². The van der Waals surface area contributed by atoms with Crippen LogP contribution in [0.25, 0.3) is 11.0 Å². The fourth-order valence-electron chi connectivity index (χ4n) is 2.66. The summed E-state index contributed by atoms with van der Waals surface area (Å²) in [6.07, 6.45) is 0.893. The molecule has 0 bridgehead atoms. The smallest absolute Gasteiger partial charge is 0.291 e. The van der Waals surface area contributed by atoms with E-state index >= 15 is 0 Å². The first-order valence-electron chi connectivity index (χ1n) is 8.27. The molecule has 130 valence electrons.